The Morgan fingerprint density at radius 1 is 1.56 bits per heavy atom. The van der Waals surface area contributed by atoms with Gasteiger partial charge in [0.1, 0.15) is 0 Å². The lowest BCUT2D eigenvalue weighted by atomic mass is 9.95. The molecule has 0 radical (unpaired) electrons. The van der Waals surface area contributed by atoms with E-state index >= 15 is 0 Å². The van der Waals surface area contributed by atoms with Crippen LogP contribution in [0.5, 0.6) is 0 Å². The van der Waals surface area contributed by atoms with Gasteiger partial charge in [0.25, 0.3) is 10.9 Å². The summed E-state index contributed by atoms with van der Waals surface area (Å²) < 4.78 is 5.69. The second-order valence-electron chi connectivity index (χ2n) is 4.41. The molecule has 5 nitrogen and oxygen atoms in total. The van der Waals surface area contributed by atoms with E-state index in [4.69, 9.17) is 10.5 Å². The van der Waals surface area contributed by atoms with Crippen LogP contribution in [-0.4, -0.2) is 23.3 Å². The molecule has 0 bridgehead atoms. The van der Waals surface area contributed by atoms with E-state index in [9.17, 15) is 10.5 Å². The van der Waals surface area contributed by atoms with Crippen molar-refractivity contribution in [1.82, 2.24) is 0 Å². The van der Waals surface area contributed by atoms with Crippen molar-refractivity contribution in [2.45, 2.75) is 12.0 Å². The molecular formula is C10H11N4OS+. The predicted octanol–water partition coefficient (Wildman–Crippen LogP) is -1.48. The van der Waals surface area contributed by atoms with Crippen molar-refractivity contribution in [3.05, 3.63) is 0 Å². The first kappa shape index (κ1) is 9.95. The molecule has 3 rings (SSSR count). The molecule has 1 saturated heterocycles. The summed E-state index contributed by atoms with van der Waals surface area (Å²) in [7, 11) is 0. The van der Waals surface area contributed by atoms with Crippen LogP contribution in [0.25, 0.3) is 0 Å². The minimum Gasteiger partial charge on any atom is -0.327 e. The van der Waals surface area contributed by atoms with E-state index in [1.807, 2.05) is 6.92 Å². The molecule has 2 heterocycles. The molecule has 4 atom stereocenters. The number of thioether (sulfide) groups is 1. The Morgan fingerprint density at radius 3 is 2.75 bits per heavy atom. The van der Waals surface area contributed by atoms with Crippen LogP contribution in [0.2, 0.25) is 0 Å². The Bertz CT molecular complexity index is 484. The maximum Gasteiger partial charge on any atom is 0.277 e. The standard InChI is InChI=1S/C10H10N4OS/c1-6-8(4-11)7(13)14-10(9(6,8)5-12)15-2-3-16-10/h6H,2-3H2,1H3,(H2,13,14)/p+1/t6-,8+,9+,10+/m0/s1. The highest BCUT2D eigenvalue weighted by atomic mass is 32.2. The van der Waals surface area contributed by atoms with Gasteiger partial charge < -0.3 is 4.74 Å². The maximum absolute atomic E-state index is 9.47. The van der Waals surface area contributed by atoms with Gasteiger partial charge in [-0.05, 0) is 0 Å². The van der Waals surface area contributed by atoms with Gasteiger partial charge in [0, 0.05) is 11.7 Å². The number of amidine groups is 1. The number of hydrogen-bond acceptors (Lipinski definition) is 5. The second-order valence-corrected chi connectivity index (χ2v) is 5.69. The van der Waals surface area contributed by atoms with Crippen LogP contribution in [0.15, 0.2) is 0 Å². The van der Waals surface area contributed by atoms with Crippen LogP contribution in [0.1, 0.15) is 6.92 Å². The highest BCUT2D eigenvalue weighted by molar-refractivity contribution is 8.00. The lowest BCUT2D eigenvalue weighted by Crippen LogP contribution is -2.88. The van der Waals surface area contributed by atoms with Crippen molar-refractivity contribution in [3.8, 4) is 12.1 Å². The third-order valence-corrected chi connectivity index (χ3v) is 5.45. The second kappa shape index (κ2) is 2.53. The number of ether oxygens (including phenoxy) is 1. The Balaban J connectivity index is 2.22. The topological polar surface area (TPSA) is 96.8 Å². The molecule has 0 aromatic rings. The van der Waals surface area contributed by atoms with E-state index in [2.05, 4.69) is 17.1 Å². The third kappa shape index (κ3) is 0.634. The predicted molar refractivity (Wildman–Crippen MR) is 56.6 cm³/mol. The van der Waals surface area contributed by atoms with E-state index in [0.29, 0.717) is 12.4 Å². The van der Waals surface area contributed by atoms with Crippen molar-refractivity contribution in [1.29, 1.82) is 10.5 Å². The number of hydrogen-bond donors (Lipinski definition) is 2. The average molecular weight is 235 g/mol. The van der Waals surface area contributed by atoms with Crippen molar-refractivity contribution in [2.24, 2.45) is 22.5 Å². The molecule has 1 spiro atoms. The molecule has 3 aliphatic rings. The molecular weight excluding hydrogens is 224 g/mol. The van der Waals surface area contributed by atoms with E-state index in [1.54, 1.807) is 0 Å². The van der Waals surface area contributed by atoms with E-state index in [-0.39, 0.29) is 5.92 Å². The van der Waals surface area contributed by atoms with Crippen molar-refractivity contribution < 1.29 is 9.73 Å². The maximum atomic E-state index is 9.47. The van der Waals surface area contributed by atoms with Crippen LogP contribution in [-0.2, 0) is 4.74 Å². The molecule has 1 saturated carbocycles. The molecule has 82 valence electrons. The van der Waals surface area contributed by atoms with Gasteiger partial charge in [-0.3, -0.25) is 5.73 Å². The van der Waals surface area contributed by atoms with Gasteiger partial charge in [-0.2, -0.15) is 10.5 Å². The SMILES string of the molecule is C[C@@H]1[C@@]2(C#N)[C@@]3([NH+]=C(N)[C@@]12C#N)OCCS3. The minimum absolute atomic E-state index is 0.0816. The summed E-state index contributed by atoms with van der Waals surface area (Å²) in [5.41, 5.74) is 4.20. The van der Waals surface area contributed by atoms with Gasteiger partial charge in [0.2, 0.25) is 0 Å². The molecule has 2 aliphatic heterocycles. The number of rotatable bonds is 0. The highest BCUT2D eigenvalue weighted by Gasteiger charge is 2.94. The van der Waals surface area contributed by atoms with Crippen molar-refractivity contribution in [3.63, 3.8) is 0 Å². The van der Waals surface area contributed by atoms with Crippen LogP contribution < -0.4 is 10.7 Å². The number of nitriles is 2. The Labute approximate surface area is 97.3 Å². The molecule has 0 unspecified atom stereocenters. The van der Waals surface area contributed by atoms with E-state index in [0.717, 1.165) is 5.75 Å². The first-order chi connectivity index (χ1) is 7.61. The molecule has 0 aromatic heterocycles. The summed E-state index contributed by atoms with van der Waals surface area (Å²) >= 11 is 1.54. The Kier molecular flexibility index (Phi) is 1.57. The fourth-order valence-electron chi connectivity index (χ4n) is 3.24. The summed E-state index contributed by atoms with van der Waals surface area (Å²) in [6.45, 7) is 2.48. The smallest absolute Gasteiger partial charge is 0.277 e. The number of fused-ring (bicyclic) bond motifs is 2. The number of nitrogens with one attached hydrogen (secondary N) is 1. The summed E-state index contributed by atoms with van der Waals surface area (Å²) in [5.74, 6) is 1.12. The largest absolute Gasteiger partial charge is 0.327 e. The van der Waals surface area contributed by atoms with Gasteiger partial charge in [-0.25, -0.2) is 4.99 Å². The highest BCUT2D eigenvalue weighted by Crippen LogP contribution is 2.76. The van der Waals surface area contributed by atoms with E-state index < -0.39 is 15.9 Å². The van der Waals surface area contributed by atoms with Crippen LogP contribution in [0.3, 0.4) is 0 Å². The summed E-state index contributed by atoms with van der Waals surface area (Å²) in [5, 5.41) is 18.0. The molecule has 6 heteroatoms. The zero-order valence-corrected chi connectivity index (χ0v) is 9.60. The average Bonchev–Trinajstić information content (AvgIpc) is 2.61. The molecule has 2 fully saturated rings. The zero-order chi connectivity index (χ0) is 11.6. The number of nitrogens with two attached hydrogens (primary N) is 1. The third-order valence-electron chi connectivity index (χ3n) is 4.13. The molecule has 1 aliphatic carbocycles. The first-order valence-electron chi connectivity index (χ1n) is 5.13. The molecule has 3 N–H and O–H groups in total. The monoisotopic (exact) mass is 235 g/mol. The van der Waals surface area contributed by atoms with Gasteiger partial charge in [0.15, 0.2) is 10.8 Å². The molecule has 0 amide bonds. The zero-order valence-electron chi connectivity index (χ0n) is 8.78. The summed E-state index contributed by atoms with van der Waals surface area (Å²) in [6, 6.07) is 4.50. The van der Waals surface area contributed by atoms with Gasteiger partial charge in [-0.1, -0.05) is 18.7 Å². The first-order valence-corrected chi connectivity index (χ1v) is 6.11. The lowest BCUT2D eigenvalue weighted by molar-refractivity contribution is -0.583. The van der Waals surface area contributed by atoms with Crippen molar-refractivity contribution >= 4 is 17.6 Å². The minimum atomic E-state index is -0.876. The number of nitrogens with zero attached hydrogens (tertiary/aromatic N) is 2. The van der Waals surface area contributed by atoms with Gasteiger partial charge in [0.05, 0.1) is 18.7 Å². The van der Waals surface area contributed by atoms with Crippen molar-refractivity contribution in [2.75, 3.05) is 12.4 Å². The van der Waals surface area contributed by atoms with Gasteiger partial charge >= 0.3 is 0 Å². The molecule has 16 heavy (non-hydrogen) atoms. The Hall–Kier alpha value is -1.24. The Morgan fingerprint density at radius 2 is 2.31 bits per heavy atom. The summed E-state index contributed by atoms with van der Waals surface area (Å²) in [6.07, 6.45) is 0. The normalized spacial score (nSPS) is 52.9. The fraction of sp³-hybridized carbons (Fsp3) is 0.700. The fourth-order valence-corrected chi connectivity index (χ4v) is 4.66. The molecule has 0 aromatic carbocycles. The quantitative estimate of drug-likeness (QED) is 0.534. The lowest BCUT2D eigenvalue weighted by Gasteiger charge is -2.22. The van der Waals surface area contributed by atoms with Gasteiger partial charge in [-0.15, -0.1) is 0 Å². The van der Waals surface area contributed by atoms with Crippen LogP contribution >= 0.6 is 11.8 Å². The van der Waals surface area contributed by atoms with Crippen LogP contribution in [0, 0.1) is 39.4 Å². The summed E-state index contributed by atoms with van der Waals surface area (Å²) in [4.78, 5) is 3.03. The van der Waals surface area contributed by atoms with E-state index in [1.165, 1.54) is 11.8 Å². The van der Waals surface area contributed by atoms with Crippen LogP contribution in [0.4, 0.5) is 0 Å².